The molecule has 1 unspecified atom stereocenters. The molecule has 1 aliphatic heterocycles. The molecule has 0 aromatic rings. The largest absolute Gasteiger partial charge is 0.351 e. The van der Waals surface area contributed by atoms with Crippen molar-refractivity contribution in [2.45, 2.75) is 91.4 Å². The van der Waals surface area contributed by atoms with Crippen LogP contribution in [0.1, 0.15) is 91.4 Å². The van der Waals surface area contributed by atoms with Crippen LogP contribution in [0.5, 0.6) is 0 Å². The van der Waals surface area contributed by atoms with Gasteiger partial charge in [-0.1, -0.05) is 51.2 Å². The van der Waals surface area contributed by atoms with E-state index in [0.29, 0.717) is 0 Å². The number of amidine groups is 1. The summed E-state index contributed by atoms with van der Waals surface area (Å²) in [7, 11) is 0. The van der Waals surface area contributed by atoms with Crippen molar-refractivity contribution >= 4 is 11.7 Å². The summed E-state index contributed by atoms with van der Waals surface area (Å²) in [4.78, 5) is 15.9. The molecule has 0 aromatic heterocycles. The Morgan fingerprint density at radius 2 is 1.70 bits per heavy atom. The van der Waals surface area contributed by atoms with Crippen LogP contribution >= 0.6 is 0 Å². The van der Waals surface area contributed by atoms with Crippen molar-refractivity contribution < 1.29 is 9.28 Å². The molecule has 4 nitrogen and oxygen atoms in total. The smallest absolute Gasteiger partial charge is 0.217 e. The molecule has 1 N–H and O–H groups in total. The maximum absolute atomic E-state index is 11.1. The molecule has 1 rings (SSSR count). The molecule has 0 fully saturated rings. The van der Waals surface area contributed by atoms with Crippen LogP contribution < -0.4 is 5.32 Å². The molecular weight excluding hydrogens is 334 g/mol. The van der Waals surface area contributed by atoms with Crippen molar-refractivity contribution in [3.63, 3.8) is 0 Å². The Hall–Kier alpha value is -1.16. The molecule has 1 heterocycles. The van der Waals surface area contributed by atoms with Gasteiger partial charge in [0.1, 0.15) is 13.1 Å². The number of carbonyl (C=O) groups is 1. The number of rotatable bonds is 16. The molecule has 0 saturated heterocycles. The lowest BCUT2D eigenvalue weighted by atomic mass is 10.1. The summed E-state index contributed by atoms with van der Waals surface area (Å²) >= 11 is 0. The molecule has 156 valence electrons. The van der Waals surface area contributed by atoms with E-state index in [1.54, 1.807) is 6.92 Å². The van der Waals surface area contributed by atoms with E-state index in [9.17, 15) is 4.79 Å². The van der Waals surface area contributed by atoms with Crippen molar-refractivity contribution in [3.05, 3.63) is 12.2 Å². The van der Waals surface area contributed by atoms with E-state index in [1.165, 1.54) is 70.0 Å². The summed E-state index contributed by atoms with van der Waals surface area (Å²) in [5.74, 6) is 1.42. The van der Waals surface area contributed by atoms with Crippen LogP contribution in [0.3, 0.4) is 0 Å². The number of unbranched alkanes of at least 4 members (excludes halogenated alkanes) is 8. The van der Waals surface area contributed by atoms with Crippen molar-refractivity contribution in [3.8, 4) is 0 Å². The van der Waals surface area contributed by atoms with Gasteiger partial charge in [-0.05, 0) is 39.0 Å². The number of hydrogen-bond acceptors (Lipinski definition) is 2. The summed E-state index contributed by atoms with van der Waals surface area (Å²) in [5.41, 5.74) is 0. The third-order valence-corrected chi connectivity index (χ3v) is 5.80. The highest BCUT2D eigenvalue weighted by molar-refractivity contribution is 5.77. The summed E-state index contributed by atoms with van der Waals surface area (Å²) in [6, 6.07) is 0. The van der Waals surface area contributed by atoms with Crippen molar-refractivity contribution in [1.82, 2.24) is 5.32 Å². The topological polar surface area (TPSA) is 41.5 Å². The highest BCUT2D eigenvalue weighted by Gasteiger charge is 2.35. The number of nitrogens with zero attached hydrogens (tertiary/aromatic N) is 2. The minimum Gasteiger partial charge on any atom is -0.351 e. The lowest BCUT2D eigenvalue weighted by molar-refractivity contribution is -0.833. The normalized spacial score (nSPS) is 19.6. The molecule has 0 saturated carbocycles. The minimum absolute atomic E-state index is 0.0645. The fraction of sp³-hybridized carbons (Fsp3) is 0.826. The van der Waals surface area contributed by atoms with Gasteiger partial charge in [0, 0.05) is 13.3 Å². The Balaban J connectivity index is 2.13. The molecule has 1 amide bonds. The Kier molecular flexibility index (Phi) is 13.1. The van der Waals surface area contributed by atoms with Crippen LogP contribution in [-0.4, -0.2) is 48.9 Å². The van der Waals surface area contributed by atoms with E-state index in [-0.39, 0.29) is 5.91 Å². The van der Waals surface area contributed by atoms with Gasteiger partial charge in [-0.3, -0.25) is 9.28 Å². The van der Waals surface area contributed by atoms with Gasteiger partial charge < -0.3 is 5.32 Å². The maximum atomic E-state index is 11.1. The van der Waals surface area contributed by atoms with Gasteiger partial charge in [0.2, 0.25) is 5.91 Å². The number of nitrogens with one attached hydrogen (secondary N) is 1. The van der Waals surface area contributed by atoms with Gasteiger partial charge in [0.15, 0.2) is 5.84 Å². The number of carbonyl (C=O) groups excluding carboxylic acids is 1. The zero-order chi connectivity index (χ0) is 19.8. The Labute approximate surface area is 168 Å². The van der Waals surface area contributed by atoms with Crippen LogP contribution in [0.2, 0.25) is 0 Å². The van der Waals surface area contributed by atoms with E-state index >= 15 is 0 Å². The average molecular weight is 379 g/mol. The van der Waals surface area contributed by atoms with E-state index in [4.69, 9.17) is 4.99 Å². The first-order chi connectivity index (χ1) is 13.1. The number of likely N-dealkylation sites (N-methyl/N-ethyl adjacent to an activating group) is 1. The van der Waals surface area contributed by atoms with Crippen LogP contribution in [-0.2, 0) is 4.79 Å². The highest BCUT2D eigenvalue weighted by atomic mass is 16.1. The van der Waals surface area contributed by atoms with Crippen LogP contribution in [0.15, 0.2) is 17.1 Å². The molecular formula is C23H44N3O+. The lowest BCUT2D eigenvalue weighted by Crippen LogP contribution is -2.54. The third-order valence-electron chi connectivity index (χ3n) is 5.80. The summed E-state index contributed by atoms with van der Waals surface area (Å²) in [6.07, 6.45) is 19.1. The summed E-state index contributed by atoms with van der Waals surface area (Å²) in [6.45, 7) is 11.0. The molecule has 27 heavy (non-hydrogen) atoms. The molecule has 0 radical (unpaired) electrons. The monoisotopic (exact) mass is 378 g/mol. The number of amides is 1. The second-order valence-corrected chi connectivity index (χ2v) is 7.96. The number of hydrogen-bond donors (Lipinski definition) is 1. The number of allylic oxidation sites excluding steroid dienone is 2. The number of quaternary nitrogens is 1. The molecule has 1 atom stereocenters. The molecule has 0 bridgehead atoms. The predicted octanol–water partition coefficient (Wildman–Crippen LogP) is 5.24. The van der Waals surface area contributed by atoms with E-state index in [0.717, 1.165) is 43.6 Å². The van der Waals surface area contributed by atoms with E-state index in [1.807, 2.05) is 0 Å². The van der Waals surface area contributed by atoms with Gasteiger partial charge in [-0.15, -0.1) is 0 Å². The fourth-order valence-corrected chi connectivity index (χ4v) is 3.97. The molecule has 0 spiro atoms. The highest BCUT2D eigenvalue weighted by Crippen LogP contribution is 2.19. The molecule has 1 aliphatic rings. The van der Waals surface area contributed by atoms with Crippen molar-refractivity contribution in [1.29, 1.82) is 0 Å². The lowest BCUT2D eigenvalue weighted by Gasteiger charge is -2.33. The first-order valence-corrected chi connectivity index (χ1v) is 11.4. The van der Waals surface area contributed by atoms with Crippen LogP contribution in [0.4, 0.5) is 0 Å². The minimum atomic E-state index is 0.0645. The van der Waals surface area contributed by atoms with Gasteiger partial charge in [0.25, 0.3) is 0 Å². The summed E-state index contributed by atoms with van der Waals surface area (Å²) < 4.78 is 0.980. The van der Waals surface area contributed by atoms with Crippen LogP contribution in [0.25, 0.3) is 0 Å². The second-order valence-electron chi connectivity index (χ2n) is 7.96. The average Bonchev–Trinajstić information content (AvgIpc) is 3.05. The van der Waals surface area contributed by atoms with E-state index in [2.05, 4.69) is 31.3 Å². The van der Waals surface area contributed by atoms with Gasteiger partial charge in [-0.2, -0.15) is 0 Å². The van der Waals surface area contributed by atoms with Gasteiger partial charge in [0.05, 0.1) is 19.6 Å². The first-order valence-electron chi connectivity index (χ1n) is 11.4. The predicted molar refractivity (Wildman–Crippen MR) is 117 cm³/mol. The van der Waals surface area contributed by atoms with E-state index < -0.39 is 0 Å². The quantitative estimate of drug-likeness (QED) is 0.223. The zero-order valence-corrected chi connectivity index (χ0v) is 18.3. The standard InChI is InChI=1S/C23H43N3O/c1-4-6-7-8-9-10-11-12-13-14-15-16-17-23-25-19-21-26(23,5-2)20-18-24-22(3)27/h12-13H,4-11,14-21H2,1-3H3/p+1/b13-12+. The third kappa shape index (κ3) is 10.1. The van der Waals surface area contributed by atoms with Crippen molar-refractivity contribution in [2.75, 3.05) is 32.7 Å². The maximum Gasteiger partial charge on any atom is 0.217 e. The SMILES string of the molecule is CCCCCCCC/C=C/CCCCC1=NCC[N+]1(CC)CCNC(C)=O. The molecule has 0 aliphatic carbocycles. The van der Waals surface area contributed by atoms with Gasteiger partial charge >= 0.3 is 0 Å². The molecule has 0 aromatic carbocycles. The second kappa shape index (κ2) is 14.8. The molecule has 4 heteroatoms. The summed E-state index contributed by atoms with van der Waals surface area (Å²) in [5, 5.41) is 2.95. The van der Waals surface area contributed by atoms with Gasteiger partial charge in [-0.25, -0.2) is 4.99 Å². The zero-order valence-electron chi connectivity index (χ0n) is 18.3. The first kappa shape index (κ1) is 23.9. The Bertz CT molecular complexity index is 459. The van der Waals surface area contributed by atoms with Crippen molar-refractivity contribution in [2.24, 2.45) is 4.99 Å². The van der Waals surface area contributed by atoms with Crippen LogP contribution in [0, 0.1) is 0 Å². The number of aliphatic imine (C=N–C) groups is 1. The Morgan fingerprint density at radius 3 is 2.37 bits per heavy atom. The Morgan fingerprint density at radius 1 is 1.04 bits per heavy atom. The fourth-order valence-electron chi connectivity index (χ4n) is 3.97.